The van der Waals surface area contributed by atoms with Crippen LogP contribution in [0.2, 0.25) is 0 Å². The van der Waals surface area contributed by atoms with Gasteiger partial charge in [-0.25, -0.2) is 14.8 Å². The molecule has 0 spiro atoms. The van der Waals surface area contributed by atoms with Crippen molar-refractivity contribution in [3.05, 3.63) is 63.5 Å². The fourth-order valence-electron chi connectivity index (χ4n) is 2.88. The number of rotatable bonds is 5. The van der Waals surface area contributed by atoms with Gasteiger partial charge in [-0.15, -0.1) is 11.3 Å². The molecule has 14 heteroatoms. The van der Waals surface area contributed by atoms with Crippen LogP contribution in [-0.2, 0) is 12.4 Å². The van der Waals surface area contributed by atoms with E-state index in [0.29, 0.717) is 17.8 Å². The van der Waals surface area contributed by atoms with Gasteiger partial charge in [0.25, 0.3) is 5.91 Å². The lowest BCUT2D eigenvalue weighted by atomic mass is 10.0. The first-order valence-electron chi connectivity index (χ1n) is 9.30. The van der Waals surface area contributed by atoms with Crippen LogP contribution in [0.15, 0.2) is 30.6 Å². The highest BCUT2D eigenvalue weighted by molar-refractivity contribution is 7.16. The Morgan fingerprint density at radius 3 is 2.09 bits per heavy atom. The molecule has 1 unspecified atom stereocenters. The summed E-state index contributed by atoms with van der Waals surface area (Å²) in [5.74, 6) is -2.43. The Bertz CT molecular complexity index is 1220. The molecule has 3 rings (SSSR count). The molecule has 0 fully saturated rings. The number of carboxylic acid groups (broad SMARTS) is 1. The van der Waals surface area contributed by atoms with Crippen molar-refractivity contribution < 1.29 is 41.0 Å². The molecule has 1 atom stereocenters. The summed E-state index contributed by atoms with van der Waals surface area (Å²) in [4.78, 5) is 36.0. The van der Waals surface area contributed by atoms with E-state index >= 15 is 0 Å². The maximum absolute atomic E-state index is 13.1. The van der Waals surface area contributed by atoms with E-state index in [0.717, 1.165) is 17.5 Å². The Labute approximate surface area is 191 Å². The highest BCUT2D eigenvalue weighted by Gasteiger charge is 2.37. The molecule has 0 bridgehead atoms. The summed E-state index contributed by atoms with van der Waals surface area (Å²) in [6.07, 6.45) is -7.78. The van der Waals surface area contributed by atoms with E-state index in [4.69, 9.17) is 5.11 Å². The van der Waals surface area contributed by atoms with E-state index in [1.165, 1.54) is 13.1 Å². The van der Waals surface area contributed by atoms with Crippen LogP contribution in [0.1, 0.15) is 55.5 Å². The number of aromatic nitrogens is 3. The van der Waals surface area contributed by atoms with Gasteiger partial charge in [0.1, 0.15) is 15.6 Å². The summed E-state index contributed by atoms with van der Waals surface area (Å²) in [5.41, 5.74) is -3.46. The number of hydrogen-bond donors (Lipinski definition) is 2. The first kappa shape index (κ1) is 25.1. The van der Waals surface area contributed by atoms with Crippen LogP contribution in [0.5, 0.6) is 0 Å². The van der Waals surface area contributed by atoms with Gasteiger partial charge in [-0.3, -0.25) is 9.78 Å². The maximum atomic E-state index is 13.1. The van der Waals surface area contributed by atoms with Crippen molar-refractivity contribution in [3.63, 3.8) is 0 Å². The highest BCUT2D eigenvalue weighted by atomic mass is 32.1. The second kappa shape index (κ2) is 9.00. The third-order valence-corrected chi connectivity index (χ3v) is 5.44. The predicted octanol–water partition coefficient (Wildman–Crippen LogP) is 5.14. The van der Waals surface area contributed by atoms with Crippen molar-refractivity contribution in [2.45, 2.75) is 32.2 Å². The number of aromatic carboxylic acids is 1. The van der Waals surface area contributed by atoms with Gasteiger partial charge in [0.2, 0.25) is 0 Å². The van der Waals surface area contributed by atoms with Crippen LogP contribution in [0.3, 0.4) is 0 Å². The van der Waals surface area contributed by atoms with Crippen molar-refractivity contribution in [2.24, 2.45) is 0 Å². The number of aryl methyl sites for hydroxylation is 1. The minimum Gasteiger partial charge on any atom is -0.477 e. The number of carboxylic acids is 1. The molecule has 0 saturated heterocycles. The summed E-state index contributed by atoms with van der Waals surface area (Å²) >= 11 is 0.783. The molecular formula is C20H14F6N4O3S. The van der Waals surface area contributed by atoms with Crippen LogP contribution in [0.4, 0.5) is 26.3 Å². The summed E-state index contributed by atoms with van der Waals surface area (Å²) in [6.45, 7) is 2.99. The summed E-state index contributed by atoms with van der Waals surface area (Å²) in [7, 11) is 0. The van der Waals surface area contributed by atoms with Gasteiger partial charge in [-0.1, -0.05) is 0 Å². The quantitative estimate of drug-likeness (QED) is 0.467. The number of nitrogens with one attached hydrogen (secondary N) is 1. The summed E-state index contributed by atoms with van der Waals surface area (Å²) < 4.78 is 78.6. The van der Waals surface area contributed by atoms with Crippen LogP contribution in [-0.4, -0.2) is 31.9 Å². The minimum absolute atomic E-state index is 0.0771. The number of alkyl halides is 6. The average Bonchev–Trinajstić information content (AvgIpc) is 3.22. The SMILES string of the molecule is Cc1cnc(C(C)NC(=O)c2cc(C(F)(F)F)cc(C(F)(F)F)c2)c(-c2ncc(C(=O)O)s2)n1. The molecular weight excluding hydrogens is 490 g/mol. The Kier molecular flexibility index (Phi) is 6.64. The standard InChI is InChI=1S/C20H14F6N4O3S/c1-8-6-27-14(15(29-8)17-28-7-13(34-17)18(32)33)9(2)30-16(31)10-3-11(19(21,22)23)5-12(4-10)20(24,25)26/h3-7,9H,1-2H3,(H,30,31)(H,32,33). The third-order valence-electron chi connectivity index (χ3n) is 4.45. The molecule has 1 amide bonds. The zero-order valence-electron chi connectivity index (χ0n) is 17.2. The molecule has 0 aliphatic carbocycles. The maximum Gasteiger partial charge on any atom is 0.416 e. The molecule has 0 saturated carbocycles. The van der Waals surface area contributed by atoms with E-state index in [2.05, 4.69) is 20.3 Å². The van der Waals surface area contributed by atoms with Crippen molar-refractivity contribution >= 4 is 23.2 Å². The number of amides is 1. The molecule has 0 aliphatic heterocycles. The van der Waals surface area contributed by atoms with Gasteiger partial charge in [0.05, 0.1) is 34.8 Å². The molecule has 2 heterocycles. The highest BCUT2D eigenvalue weighted by Crippen LogP contribution is 2.36. The molecule has 180 valence electrons. The van der Waals surface area contributed by atoms with E-state index < -0.39 is 47.0 Å². The molecule has 3 aromatic rings. The lowest BCUT2D eigenvalue weighted by Crippen LogP contribution is -2.28. The minimum atomic E-state index is -5.11. The predicted molar refractivity (Wildman–Crippen MR) is 107 cm³/mol. The van der Waals surface area contributed by atoms with Crippen LogP contribution < -0.4 is 5.32 Å². The second-order valence-electron chi connectivity index (χ2n) is 7.07. The average molecular weight is 504 g/mol. The molecule has 0 aliphatic rings. The normalized spacial score (nSPS) is 12.9. The summed E-state index contributed by atoms with van der Waals surface area (Å²) in [6, 6.07) is -0.471. The van der Waals surface area contributed by atoms with Crippen molar-refractivity contribution in [1.29, 1.82) is 0 Å². The van der Waals surface area contributed by atoms with Gasteiger partial charge in [-0.2, -0.15) is 26.3 Å². The number of benzene rings is 1. The zero-order valence-corrected chi connectivity index (χ0v) is 18.1. The Morgan fingerprint density at radius 2 is 1.59 bits per heavy atom. The van der Waals surface area contributed by atoms with Crippen molar-refractivity contribution in [3.8, 4) is 10.7 Å². The Morgan fingerprint density at radius 1 is 1.00 bits per heavy atom. The molecule has 2 N–H and O–H groups in total. The monoisotopic (exact) mass is 504 g/mol. The lowest BCUT2D eigenvalue weighted by molar-refractivity contribution is -0.143. The molecule has 2 aromatic heterocycles. The van der Waals surface area contributed by atoms with Crippen LogP contribution >= 0.6 is 11.3 Å². The van der Waals surface area contributed by atoms with Gasteiger partial charge in [0, 0.05) is 11.8 Å². The Balaban J connectivity index is 1.97. The van der Waals surface area contributed by atoms with Gasteiger partial charge < -0.3 is 10.4 Å². The van der Waals surface area contributed by atoms with Crippen LogP contribution in [0.25, 0.3) is 10.7 Å². The first-order chi connectivity index (χ1) is 15.7. The van der Waals surface area contributed by atoms with Crippen molar-refractivity contribution in [2.75, 3.05) is 0 Å². The fraction of sp³-hybridized carbons (Fsp3) is 0.250. The number of nitrogens with zero attached hydrogens (tertiary/aromatic N) is 3. The second-order valence-corrected chi connectivity index (χ2v) is 8.10. The number of hydrogen-bond acceptors (Lipinski definition) is 6. The molecule has 34 heavy (non-hydrogen) atoms. The first-order valence-corrected chi connectivity index (χ1v) is 10.1. The van der Waals surface area contributed by atoms with Crippen molar-refractivity contribution in [1.82, 2.24) is 20.3 Å². The molecule has 0 radical (unpaired) electrons. The summed E-state index contributed by atoms with van der Waals surface area (Å²) in [5, 5.41) is 11.6. The van der Waals surface area contributed by atoms with E-state index in [1.807, 2.05) is 0 Å². The topological polar surface area (TPSA) is 105 Å². The number of carbonyl (C=O) groups is 2. The number of thiazole rings is 1. The Hall–Kier alpha value is -3.55. The van der Waals surface area contributed by atoms with Crippen LogP contribution in [0, 0.1) is 6.92 Å². The molecule has 1 aromatic carbocycles. The van der Waals surface area contributed by atoms with E-state index in [-0.39, 0.29) is 27.3 Å². The lowest BCUT2D eigenvalue weighted by Gasteiger charge is -2.18. The zero-order chi connectivity index (χ0) is 25.4. The largest absolute Gasteiger partial charge is 0.477 e. The molecule has 7 nitrogen and oxygen atoms in total. The number of carbonyl (C=O) groups excluding carboxylic acids is 1. The van der Waals surface area contributed by atoms with Gasteiger partial charge in [0.15, 0.2) is 0 Å². The van der Waals surface area contributed by atoms with E-state index in [1.54, 1.807) is 6.92 Å². The van der Waals surface area contributed by atoms with E-state index in [9.17, 15) is 35.9 Å². The fourth-order valence-corrected chi connectivity index (χ4v) is 3.63. The third kappa shape index (κ3) is 5.50. The number of halogens is 6. The smallest absolute Gasteiger partial charge is 0.416 e. The van der Waals surface area contributed by atoms with Gasteiger partial charge in [-0.05, 0) is 32.0 Å². The van der Waals surface area contributed by atoms with Gasteiger partial charge >= 0.3 is 18.3 Å².